The highest BCUT2D eigenvalue weighted by Gasteiger charge is 2.19. The first-order valence-corrected chi connectivity index (χ1v) is 6.23. The molecular formula is C13H19N5. The molecule has 5 heteroatoms. The van der Waals surface area contributed by atoms with Crippen molar-refractivity contribution in [2.45, 2.75) is 26.3 Å². The molecule has 1 atom stereocenters. The molecule has 2 rings (SSSR count). The van der Waals surface area contributed by atoms with Crippen LogP contribution in [0.1, 0.15) is 36.3 Å². The number of aryl methyl sites for hydroxylation is 2. The zero-order chi connectivity index (χ0) is 13.0. The lowest BCUT2D eigenvalue weighted by Gasteiger charge is -2.19. The van der Waals surface area contributed by atoms with Gasteiger partial charge < -0.3 is 5.32 Å². The molecule has 0 saturated heterocycles. The van der Waals surface area contributed by atoms with E-state index in [-0.39, 0.29) is 6.04 Å². The number of nitrogens with zero attached hydrogens (tertiary/aromatic N) is 4. The van der Waals surface area contributed by atoms with E-state index in [1.807, 2.05) is 26.2 Å². The van der Waals surface area contributed by atoms with Gasteiger partial charge in [-0.25, -0.2) is 0 Å². The third-order valence-electron chi connectivity index (χ3n) is 3.00. The minimum absolute atomic E-state index is 0.0960. The van der Waals surface area contributed by atoms with E-state index in [0.29, 0.717) is 0 Å². The zero-order valence-corrected chi connectivity index (χ0v) is 11.1. The van der Waals surface area contributed by atoms with Crippen LogP contribution in [0.15, 0.2) is 24.5 Å². The Morgan fingerprint density at radius 2 is 2.28 bits per heavy atom. The normalized spacial score (nSPS) is 12.6. The SMILES string of the molecule is CCCNC(c1cccnc1C)c1cnnn1C. The van der Waals surface area contributed by atoms with Gasteiger partial charge in [0.15, 0.2) is 0 Å². The summed E-state index contributed by atoms with van der Waals surface area (Å²) >= 11 is 0. The largest absolute Gasteiger partial charge is 0.305 e. The first-order valence-electron chi connectivity index (χ1n) is 6.23. The summed E-state index contributed by atoms with van der Waals surface area (Å²) < 4.78 is 1.81. The van der Waals surface area contributed by atoms with Gasteiger partial charge in [-0.1, -0.05) is 18.2 Å². The summed E-state index contributed by atoms with van der Waals surface area (Å²) in [5, 5.41) is 11.5. The number of nitrogens with one attached hydrogen (secondary N) is 1. The smallest absolute Gasteiger partial charge is 0.0799 e. The molecule has 96 valence electrons. The quantitative estimate of drug-likeness (QED) is 0.869. The second-order valence-electron chi connectivity index (χ2n) is 4.35. The molecule has 2 heterocycles. The number of hydrogen-bond acceptors (Lipinski definition) is 4. The van der Waals surface area contributed by atoms with Crippen molar-refractivity contribution in [3.8, 4) is 0 Å². The summed E-state index contributed by atoms with van der Waals surface area (Å²) in [6, 6.07) is 4.16. The average Bonchev–Trinajstić information content (AvgIpc) is 2.78. The lowest BCUT2D eigenvalue weighted by Crippen LogP contribution is -2.26. The van der Waals surface area contributed by atoms with Crippen molar-refractivity contribution in [2.24, 2.45) is 7.05 Å². The van der Waals surface area contributed by atoms with Crippen LogP contribution in [-0.4, -0.2) is 26.5 Å². The highest BCUT2D eigenvalue weighted by molar-refractivity contribution is 5.29. The summed E-state index contributed by atoms with van der Waals surface area (Å²) in [6.45, 7) is 5.13. The van der Waals surface area contributed by atoms with Crippen LogP contribution in [-0.2, 0) is 7.05 Å². The molecule has 2 aromatic rings. The molecule has 18 heavy (non-hydrogen) atoms. The van der Waals surface area contributed by atoms with Crippen LogP contribution in [0.2, 0.25) is 0 Å². The fraction of sp³-hybridized carbons (Fsp3) is 0.462. The minimum Gasteiger partial charge on any atom is -0.305 e. The number of rotatable bonds is 5. The van der Waals surface area contributed by atoms with E-state index in [4.69, 9.17) is 0 Å². The molecule has 0 aromatic carbocycles. The van der Waals surface area contributed by atoms with Gasteiger partial charge in [0.1, 0.15) is 0 Å². The molecule has 1 N–H and O–H groups in total. The minimum atomic E-state index is 0.0960. The van der Waals surface area contributed by atoms with Gasteiger partial charge in [-0.05, 0) is 31.5 Å². The molecule has 5 nitrogen and oxygen atoms in total. The summed E-state index contributed by atoms with van der Waals surface area (Å²) in [6.07, 6.45) is 4.71. The molecule has 0 aliphatic rings. The molecule has 0 aliphatic carbocycles. The molecule has 0 radical (unpaired) electrons. The van der Waals surface area contributed by atoms with Gasteiger partial charge in [0, 0.05) is 18.9 Å². The fourth-order valence-corrected chi connectivity index (χ4v) is 2.02. The van der Waals surface area contributed by atoms with Crippen molar-refractivity contribution >= 4 is 0 Å². The Hall–Kier alpha value is -1.75. The average molecular weight is 245 g/mol. The zero-order valence-electron chi connectivity index (χ0n) is 11.1. The molecule has 1 unspecified atom stereocenters. The molecule has 0 bridgehead atoms. The van der Waals surface area contributed by atoms with Gasteiger partial charge in [0.05, 0.1) is 17.9 Å². The van der Waals surface area contributed by atoms with Crippen molar-refractivity contribution in [3.05, 3.63) is 41.5 Å². The highest BCUT2D eigenvalue weighted by atomic mass is 15.4. The van der Waals surface area contributed by atoms with Crippen LogP contribution in [0.4, 0.5) is 0 Å². The van der Waals surface area contributed by atoms with Crippen LogP contribution in [0, 0.1) is 6.92 Å². The predicted octanol–water partition coefficient (Wildman–Crippen LogP) is 1.61. The van der Waals surface area contributed by atoms with Crippen molar-refractivity contribution < 1.29 is 0 Å². The molecule has 2 aromatic heterocycles. The lowest BCUT2D eigenvalue weighted by molar-refractivity contribution is 0.547. The molecule has 0 aliphatic heterocycles. The summed E-state index contributed by atoms with van der Waals surface area (Å²) in [5.41, 5.74) is 3.27. The maximum Gasteiger partial charge on any atom is 0.0799 e. The Morgan fingerprint density at radius 3 is 2.89 bits per heavy atom. The molecule has 0 fully saturated rings. The fourth-order valence-electron chi connectivity index (χ4n) is 2.02. The van der Waals surface area contributed by atoms with E-state index in [1.165, 1.54) is 5.56 Å². The summed E-state index contributed by atoms with van der Waals surface area (Å²) in [7, 11) is 1.91. The van der Waals surface area contributed by atoms with E-state index in [1.54, 1.807) is 10.9 Å². The van der Waals surface area contributed by atoms with Crippen molar-refractivity contribution in [2.75, 3.05) is 6.54 Å². The maximum atomic E-state index is 4.36. The Bertz CT molecular complexity index is 506. The van der Waals surface area contributed by atoms with E-state index >= 15 is 0 Å². The number of pyridine rings is 1. The topological polar surface area (TPSA) is 55.6 Å². The summed E-state index contributed by atoms with van der Waals surface area (Å²) in [4.78, 5) is 4.36. The molecular weight excluding hydrogens is 226 g/mol. The van der Waals surface area contributed by atoms with Gasteiger partial charge in [0.25, 0.3) is 0 Å². The first-order chi connectivity index (χ1) is 8.74. The molecule has 0 saturated carbocycles. The Labute approximate surface area is 107 Å². The van der Waals surface area contributed by atoms with Crippen molar-refractivity contribution in [3.63, 3.8) is 0 Å². The van der Waals surface area contributed by atoms with Gasteiger partial charge in [-0.3, -0.25) is 9.67 Å². The van der Waals surface area contributed by atoms with Gasteiger partial charge in [0.2, 0.25) is 0 Å². The van der Waals surface area contributed by atoms with E-state index in [9.17, 15) is 0 Å². The van der Waals surface area contributed by atoms with Crippen LogP contribution in [0.25, 0.3) is 0 Å². The number of hydrogen-bond donors (Lipinski definition) is 1. The second kappa shape index (κ2) is 5.73. The van der Waals surface area contributed by atoms with Crippen LogP contribution in [0.3, 0.4) is 0 Å². The molecule has 0 spiro atoms. The lowest BCUT2D eigenvalue weighted by atomic mass is 10.0. The van der Waals surface area contributed by atoms with E-state index < -0.39 is 0 Å². The van der Waals surface area contributed by atoms with Crippen LogP contribution < -0.4 is 5.32 Å². The third-order valence-corrected chi connectivity index (χ3v) is 3.00. The summed E-state index contributed by atoms with van der Waals surface area (Å²) in [5.74, 6) is 0. The Balaban J connectivity index is 2.37. The van der Waals surface area contributed by atoms with Crippen molar-refractivity contribution in [1.29, 1.82) is 0 Å². The molecule has 0 amide bonds. The predicted molar refractivity (Wildman–Crippen MR) is 70.1 cm³/mol. The number of aromatic nitrogens is 4. The van der Waals surface area contributed by atoms with Crippen molar-refractivity contribution in [1.82, 2.24) is 25.3 Å². The van der Waals surface area contributed by atoms with Gasteiger partial charge in [-0.2, -0.15) is 0 Å². The Morgan fingerprint density at radius 1 is 1.44 bits per heavy atom. The Kier molecular flexibility index (Phi) is 4.04. The van der Waals surface area contributed by atoms with Crippen LogP contribution in [0.5, 0.6) is 0 Å². The third kappa shape index (κ3) is 2.56. The first kappa shape index (κ1) is 12.7. The maximum absolute atomic E-state index is 4.36. The standard InChI is InChI=1S/C13H19N5/c1-4-7-15-13(12-9-16-17-18(12)3)11-6-5-8-14-10(11)2/h5-6,8-9,13,15H,4,7H2,1-3H3. The van der Waals surface area contributed by atoms with E-state index in [0.717, 1.165) is 24.4 Å². The van der Waals surface area contributed by atoms with Gasteiger partial charge >= 0.3 is 0 Å². The van der Waals surface area contributed by atoms with E-state index in [2.05, 4.69) is 33.6 Å². The second-order valence-corrected chi connectivity index (χ2v) is 4.35. The van der Waals surface area contributed by atoms with Crippen LogP contribution >= 0.6 is 0 Å². The monoisotopic (exact) mass is 245 g/mol. The highest BCUT2D eigenvalue weighted by Crippen LogP contribution is 2.22. The van der Waals surface area contributed by atoms with Gasteiger partial charge in [-0.15, -0.1) is 5.10 Å².